The second-order valence-corrected chi connectivity index (χ2v) is 7.86. The average molecular weight is 389 g/mol. The highest BCUT2D eigenvalue weighted by Crippen LogP contribution is 2.46. The first-order valence-corrected chi connectivity index (χ1v) is 9.85. The number of carbonyl (C=O) groups is 2. The van der Waals surface area contributed by atoms with Crippen LogP contribution in [0.2, 0.25) is 0 Å². The molecule has 1 aromatic rings. The van der Waals surface area contributed by atoms with Gasteiger partial charge >= 0.3 is 12.1 Å². The van der Waals surface area contributed by atoms with Gasteiger partial charge in [-0.2, -0.15) is 13.2 Å². The molecule has 1 amide bonds. The van der Waals surface area contributed by atoms with E-state index >= 15 is 0 Å². The Hall–Kier alpha value is -1.57. The molecule has 26 heavy (non-hydrogen) atoms. The topological polar surface area (TPSA) is 55.4 Å². The lowest BCUT2D eigenvalue weighted by Crippen LogP contribution is -2.34. The van der Waals surface area contributed by atoms with E-state index in [1.165, 1.54) is 11.3 Å². The van der Waals surface area contributed by atoms with E-state index in [4.69, 9.17) is 4.74 Å². The van der Waals surface area contributed by atoms with Crippen molar-refractivity contribution in [2.75, 3.05) is 11.9 Å². The fourth-order valence-electron chi connectivity index (χ4n) is 3.51. The Morgan fingerprint density at radius 2 is 2.00 bits per heavy atom. The number of esters is 1. The molecule has 4 nitrogen and oxygen atoms in total. The van der Waals surface area contributed by atoms with Crippen LogP contribution in [0.15, 0.2) is 5.38 Å². The molecule has 3 rings (SSSR count). The Kier molecular flexibility index (Phi) is 5.60. The molecule has 0 spiro atoms. The molecule has 1 N–H and O–H groups in total. The van der Waals surface area contributed by atoms with Crippen molar-refractivity contribution in [3.05, 3.63) is 16.5 Å². The Morgan fingerprint density at radius 3 is 2.62 bits per heavy atom. The lowest BCUT2D eigenvalue weighted by molar-refractivity contribution is -0.185. The van der Waals surface area contributed by atoms with Crippen molar-refractivity contribution in [2.24, 2.45) is 11.8 Å². The Balaban J connectivity index is 1.74. The van der Waals surface area contributed by atoms with E-state index in [9.17, 15) is 22.8 Å². The highest BCUT2D eigenvalue weighted by atomic mass is 32.1. The summed E-state index contributed by atoms with van der Waals surface area (Å²) in [4.78, 5) is 24.8. The van der Waals surface area contributed by atoms with Crippen LogP contribution >= 0.6 is 11.3 Å². The zero-order valence-electron chi connectivity index (χ0n) is 14.5. The van der Waals surface area contributed by atoms with Gasteiger partial charge in [0.25, 0.3) is 0 Å². The summed E-state index contributed by atoms with van der Waals surface area (Å²) in [6.45, 7) is 1.93. The number of alkyl halides is 3. The van der Waals surface area contributed by atoms with Gasteiger partial charge in [0.15, 0.2) is 0 Å². The molecule has 0 aromatic carbocycles. The zero-order chi connectivity index (χ0) is 18.9. The lowest BCUT2D eigenvalue weighted by Gasteiger charge is -2.29. The molecule has 2 fully saturated rings. The van der Waals surface area contributed by atoms with E-state index < -0.39 is 29.9 Å². The summed E-state index contributed by atoms with van der Waals surface area (Å²) >= 11 is 1.24. The summed E-state index contributed by atoms with van der Waals surface area (Å²) in [7, 11) is 0. The van der Waals surface area contributed by atoms with Gasteiger partial charge in [-0.05, 0) is 55.9 Å². The van der Waals surface area contributed by atoms with Crippen molar-refractivity contribution in [2.45, 2.75) is 57.5 Å². The quantitative estimate of drug-likeness (QED) is 0.712. The average Bonchev–Trinajstić information content (AvgIpc) is 3.35. The molecule has 2 saturated carbocycles. The number of anilines is 1. The number of rotatable bonds is 5. The van der Waals surface area contributed by atoms with Crippen molar-refractivity contribution < 1.29 is 27.5 Å². The second kappa shape index (κ2) is 7.58. The number of amides is 1. The number of hydrogen-bond donors (Lipinski definition) is 1. The number of nitrogens with one attached hydrogen (secondary N) is 1. The SMILES string of the molecule is CCOC(=O)c1c(C2CC2)csc1NC(=O)C1CCCC(C(F)(F)F)C1. The van der Waals surface area contributed by atoms with E-state index in [1.54, 1.807) is 6.92 Å². The normalized spacial score (nSPS) is 23.5. The predicted molar refractivity (Wildman–Crippen MR) is 92.4 cm³/mol. The summed E-state index contributed by atoms with van der Waals surface area (Å²) in [5.74, 6) is -2.73. The number of carbonyl (C=O) groups excluding carboxylic acids is 2. The first-order valence-electron chi connectivity index (χ1n) is 8.97. The maximum Gasteiger partial charge on any atom is 0.391 e. The molecular weight excluding hydrogens is 367 g/mol. The van der Waals surface area contributed by atoms with Crippen LogP contribution < -0.4 is 5.32 Å². The first kappa shape index (κ1) is 19.2. The van der Waals surface area contributed by atoms with Gasteiger partial charge < -0.3 is 10.1 Å². The molecule has 2 atom stereocenters. The lowest BCUT2D eigenvalue weighted by atomic mass is 9.80. The minimum absolute atomic E-state index is 0.0756. The fraction of sp³-hybridized carbons (Fsp3) is 0.667. The first-order chi connectivity index (χ1) is 12.3. The smallest absolute Gasteiger partial charge is 0.391 e. The largest absolute Gasteiger partial charge is 0.462 e. The van der Waals surface area contributed by atoms with Crippen LogP contribution in [0.25, 0.3) is 0 Å². The highest BCUT2D eigenvalue weighted by Gasteiger charge is 2.43. The Bertz CT molecular complexity index is 682. The minimum atomic E-state index is -4.27. The molecule has 2 aliphatic rings. The zero-order valence-corrected chi connectivity index (χ0v) is 15.3. The molecule has 0 aliphatic heterocycles. The van der Waals surface area contributed by atoms with Gasteiger partial charge in [0.05, 0.1) is 18.1 Å². The molecule has 2 aliphatic carbocycles. The molecule has 2 unspecified atom stereocenters. The molecule has 1 heterocycles. The van der Waals surface area contributed by atoms with Crippen LogP contribution in [0.5, 0.6) is 0 Å². The van der Waals surface area contributed by atoms with Crippen LogP contribution in [0.4, 0.5) is 18.2 Å². The number of thiophene rings is 1. The van der Waals surface area contributed by atoms with Crippen LogP contribution in [-0.4, -0.2) is 24.7 Å². The fourth-order valence-corrected chi connectivity index (χ4v) is 4.54. The second-order valence-electron chi connectivity index (χ2n) is 6.98. The maximum atomic E-state index is 13.0. The molecule has 0 radical (unpaired) electrons. The summed E-state index contributed by atoms with van der Waals surface area (Å²) < 4.78 is 44.0. The summed E-state index contributed by atoms with van der Waals surface area (Å²) in [6, 6.07) is 0. The molecule has 0 bridgehead atoms. The van der Waals surface area contributed by atoms with Crippen molar-refractivity contribution in [3.8, 4) is 0 Å². The van der Waals surface area contributed by atoms with Gasteiger partial charge in [0, 0.05) is 5.92 Å². The van der Waals surface area contributed by atoms with Crippen LogP contribution in [0.3, 0.4) is 0 Å². The summed E-state index contributed by atoms with van der Waals surface area (Å²) in [5.41, 5.74) is 1.25. The number of hydrogen-bond acceptors (Lipinski definition) is 4. The van der Waals surface area contributed by atoms with Gasteiger partial charge in [-0.3, -0.25) is 4.79 Å². The standard InChI is InChI=1S/C18H22F3NO3S/c1-2-25-17(24)14-13(10-6-7-10)9-26-16(14)22-15(23)11-4-3-5-12(8-11)18(19,20)21/h9-12H,2-8H2,1H3,(H,22,23). The summed E-state index contributed by atoms with van der Waals surface area (Å²) in [5, 5.41) is 4.95. The van der Waals surface area contributed by atoms with Gasteiger partial charge in [-0.25, -0.2) is 4.79 Å². The Morgan fingerprint density at radius 1 is 1.27 bits per heavy atom. The molecule has 144 valence electrons. The monoisotopic (exact) mass is 389 g/mol. The van der Waals surface area contributed by atoms with Crippen molar-refractivity contribution in [3.63, 3.8) is 0 Å². The predicted octanol–water partition coefficient (Wildman–Crippen LogP) is 5.11. The van der Waals surface area contributed by atoms with Gasteiger partial charge in [0.2, 0.25) is 5.91 Å². The van der Waals surface area contributed by atoms with Crippen molar-refractivity contribution >= 4 is 28.2 Å². The number of halogens is 3. The van der Waals surface area contributed by atoms with E-state index in [-0.39, 0.29) is 19.4 Å². The molecule has 8 heteroatoms. The van der Waals surface area contributed by atoms with Gasteiger partial charge in [-0.15, -0.1) is 11.3 Å². The number of ether oxygens (including phenoxy) is 1. The third kappa shape index (κ3) is 4.22. The molecule has 1 aromatic heterocycles. The third-order valence-electron chi connectivity index (χ3n) is 5.06. The van der Waals surface area contributed by atoms with E-state index in [1.807, 2.05) is 5.38 Å². The van der Waals surface area contributed by atoms with Gasteiger partial charge in [0.1, 0.15) is 5.00 Å². The van der Waals surface area contributed by atoms with E-state index in [0.29, 0.717) is 29.3 Å². The third-order valence-corrected chi connectivity index (χ3v) is 5.97. The maximum absolute atomic E-state index is 13.0. The van der Waals surface area contributed by atoms with Crippen LogP contribution in [-0.2, 0) is 9.53 Å². The highest BCUT2D eigenvalue weighted by molar-refractivity contribution is 7.15. The van der Waals surface area contributed by atoms with Gasteiger partial charge in [-0.1, -0.05) is 6.42 Å². The van der Waals surface area contributed by atoms with E-state index in [2.05, 4.69) is 5.32 Å². The van der Waals surface area contributed by atoms with Crippen molar-refractivity contribution in [1.82, 2.24) is 0 Å². The molecule has 0 saturated heterocycles. The minimum Gasteiger partial charge on any atom is -0.462 e. The van der Waals surface area contributed by atoms with Crippen molar-refractivity contribution in [1.29, 1.82) is 0 Å². The molecular formula is C18H22F3NO3S. The summed E-state index contributed by atoms with van der Waals surface area (Å²) in [6.07, 6.45) is -1.58. The van der Waals surface area contributed by atoms with E-state index in [0.717, 1.165) is 18.4 Å². The van der Waals surface area contributed by atoms with Crippen LogP contribution in [0.1, 0.15) is 67.3 Å². The van der Waals surface area contributed by atoms with Crippen LogP contribution in [0, 0.1) is 11.8 Å². The Labute approximate surface area is 154 Å².